The fraction of sp³-hybridized carbons (Fsp3) is 0.700. The first-order chi connectivity index (χ1) is 14.6. The molecule has 0 bridgehead atoms. The molecule has 1 fully saturated rings. The molecule has 1 aromatic carbocycles. The molecule has 0 saturated heterocycles. The summed E-state index contributed by atoms with van der Waals surface area (Å²) in [5.74, 6) is 0. The molecule has 32 heavy (non-hydrogen) atoms. The highest BCUT2D eigenvalue weighted by Gasteiger charge is 2.37. The summed E-state index contributed by atoms with van der Waals surface area (Å²) in [5.41, 5.74) is -1.02. The van der Waals surface area contributed by atoms with Gasteiger partial charge in [0.2, 0.25) is 0 Å². The highest BCUT2D eigenvalue weighted by Crippen LogP contribution is 2.36. The van der Waals surface area contributed by atoms with Crippen LogP contribution >= 0.6 is 0 Å². The second-order valence-corrected chi connectivity index (χ2v) is 8.80. The van der Waals surface area contributed by atoms with Crippen LogP contribution < -0.4 is 5.59 Å². The van der Waals surface area contributed by atoms with Crippen molar-refractivity contribution in [3.8, 4) is 0 Å². The molecular formula is C20H28F6N3O3+. The predicted molar refractivity (Wildman–Crippen MR) is 103 cm³/mol. The van der Waals surface area contributed by atoms with Gasteiger partial charge in [-0.15, -0.1) is 5.01 Å². The van der Waals surface area contributed by atoms with Crippen LogP contribution in [-0.2, 0) is 28.5 Å². The number of nitrogens with one attached hydrogen (secondary N) is 1. The maximum atomic E-state index is 13.0. The number of hydrogen-bond acceptors (Lipinski definition) is 3. The van der Waals surface area contributed by atoms with E-state index in [4.69, 9.17) is 9.57 Å². The summed E-state index contributed by atoms with van der Waals surface area (Å²) in [5, 5.41) is 1.41. The van der Waals surface area contributed by atoms with Gasteiger partial charge in [-0.05, 0) is 70.2 Å². The summed E-state index contributed by atoms with van der Waals surface area (Å²) in [7, 11) is 1.60. The first-order valence-electron chi connectivity index (χ1n) is 10.1. The van der Waals surface area contributed by atoms with Crippen molar-refractivity contribution in [1.82, 2.24) is 10.6 Å². The summed E-state index contributed by atoms with van der Waals surface area (Å²) in [6, 6.07) is 1.43. The maximum absolute atomic E-state index is 13.0. The highest BCUT2D eigenvalue weighted by atomic mass is 19.4. The maximum Gasteiger partial charge on any atom is 0.416 e. The second kappa shape index (κ2) is 9.82. The number of hydrazine groups is 2. The predicted octanol–water partition coefficient (Wildman–Crippen LogP) is 5.41. The third kappa shape index (κ3) is 7.51. The Morgan fingerprint density at radius 2 is 1.41 bits per heavy atom. The van der Waals surface area contributed by atoms with Gasteiger partial charge in [-0.3, -0.25) is 0 Å². The molecule has 1 aliphatic carbocycles. The largest absolute Gasteiger partial charge is 0.416 e. The fourth-order valence-corrected chi connectivity index (χ4v) is 3.09. The number of ether oxygens (including phenoxy) is 1. The minimum Gasteiger partial charge on any atom is -0.374 e. The number of halogens is 6. The monoisotopic (exact) mass is 472 g/mol. The van der Waals surface area contributed by atoms with Crippen molar-refractivity contribution >= 4 is 0 Å². The normalized spacial score (nSPS) is 20.2. The van der Waals surface area contributed by atoms with E-state index < -0.39 is 29.0 Å². The van der Waals surface area contributed by atoms with Crippen molar-refractivity contribution in [1.29, 1.82) is 0 Å². The van der Waals surface area contributed by atoms with Crippen LogP contribution in [0.15, 0.2) is 18.2 Å². The average molecular weight is 472 g/mol. The number of rotatable bonds is 7. The Balaban J connectivity index is 1.87. The molecule has 12 heteroatoms. The Kier molecular flexibility index (Phi) is 8.03. The Morgan fingerprint density at radius 3 is 1.84 bits per heavy atom. The average Bonchev–Trinajstić information content (AvgIpc) is 2.68. The van der Waals surface area contributed by atoms with Gasteiger partial charge in [0, 0.05) is 5.59 Å². The van der Waals surface area contributed by atoms with Gasteiger partial charge in [-0.2, -0.15) is 26.3 Å². The number of hydrogen-bond donors (Lipinski definition) is 1. The zero-order chi connectivity index (χ0) is 24.3. The van der Waals surface area contributed by atoms with Crippen LogP contribution in [0.1, 0.15) is 63.1 Å². The lowest BCUT2D eigenvalue weighted by Gasteiger charge is -2.28. The summed E-state index contributed by atoms with van der Waals surface area (Å²) >= 11 is 0. The smallest absolute Gasteiger partial charge is 0.374 e. The molecule has 1 saturated carbocycles. The van der Waals surface area contributed by atoms with Gasteiger partial charge < -0.3 is 4.74 Å². The SMILES string of the molecule is CN([N+](=O)NOC1CCC(OCc2cc(C(F)(F)F)cc(C(F)(F)F)c2)CC1)C(C)(C)C. The minimum atomic E-state index is -4.89. The molecule has 0 unspecified atom stereocenters. The summed E-state index contributed by atoms with van der Waals surface area (Å²) in [4.78, 5) is 17.8. The van der Waals surface area contributed by atoms with Gasteiger partial charge in [0.25, 0.3) is 4.98 Å². The molecule has 0 heterocycles. The highest BCUT2D eigenvalue weighted by molar-refractivity contribution is 5.33. The van der Waals surface area contributed by atoms with E-state index in [1.165, 1.54) is 5.01 Å². The number of benzene rings is 1. The second-order valence-electron chi connectivity index (χ2n) is 8.80. The summed E-state index contributed by atoms with van der Waals surface area (Å²) in [6.07, 6.45) is -8.38. The quantitative estimate of drug-likeness (QED) is 0.327. The molecule has 0 aliphatic heterocycles. The lowest BCUT2D eigenvalue weighted by Crippen LogP contribution is -2.50. The van der Waals surface area contributed by atoms with Gasteiger partial charge in [-0.1, -0.05) is 0 Å². The van der Waals surface area contributed by atoms with E-state index in [0.717, 1.165) is 0 Å². The molecule has 1 N–H and O–H groups in total. The van der Waals surface area contributed by atoms with E-state index in [0.29, 0.717) is 42.8 Å². The lowest BCUT2D eigenvalue weighted by atomic mass is 9.95. The third-order valence-corrected chi connectivity index (χ3v) is 5.30. The first-order valence-corrected chi connectivity index (χ1v) is 10.1. The Hall–Kier alpha value is -2.08. The van der Waals surface area contributed by atoms with Crippen LogP contribution in [-0.4, -0.2) is 34.8 Å². The van der Waals surface area contributed by atoms with Crippen molar-refractivity contribution in [2.75, 3.05) is 7.05 Å². The van der Waals surface area contributed by atoms with Crippen LogP contribution in [0.3, 0.4) is 0 Å². The molecular weight excluding hydrogens is 444 g/mol. The van der Waals surface area contributed by atoms with Gasteiger partial charge in [0.15, 0.2) is 0 Å². The fourth-order valence-electron chi connectivity index (χ4n) is 3.09. The van der Waals surface area contributed by atoms with E-state index >= 15 is 0 Å². The summed E-state index contributed by atoms with van der Waals surface area (Å²) in [6.45, 7) is 5.19. The number of alkyl halides is 6. The molecule has 6 nitrogen and oxygen atoms in total. The Bertz CT molecular complexity index is 752. The third-order valence-electron chi connectivity index (χ3n) is 5.30. The van der Waals surface area contributed by atoms with Gasteiger partial charge >= 0.3 is 12.4 Å². The van der Waals surface area contributed by atoms with Crippen LogP contribution in [0.2, 0.25) is 0 Å². The lowest BCUT2D eigenvalue weighted by molar-refractivity contribution is -0.797. The molecule has 0 aromatic heterocycles. The van der Waals surface area contributed by atoms with Gasteiger partial charge in [0.05, 0.1) is 47.4 Å². The first kappa shape index (κ1) is 26.2. The molecule has 1 aliphatic rings. The molecule has 182 valence electrons. The van der Waals surface area contributed by atoms with E-state index in [1.54, 1.807) is 7.05 Å². The number of nitroso groups, excluding NO2 is 1. The standard InChI is InChI=1S/C20H28F6N3O3/c1-18(2,3)28(4)29(30)27-32-17-7-5-16(6-8-17)31-12-13-9-14(19(21,22)23)11-15(10-13)20(24,25)26/h9-11,16-17H,5-8,12H2,1-4H3,(H,27,30)/q+1. The van der Waals surface area contributed by atoms with Crippen LogP contribution in [0.4, 0.5) is 26.3 Å². The van der Waals surface area contributed by atoms with Crippen molar-refractivity contribution in [3.05, 3.63) is 39.8 Å². The number of nitrogens with zero attached hydrogens (tertiary/aromatic N) is 2. The van der Waals surface area contributed by atoms with E-state index in [-0.39, 0.29) is 30.4 Å². The molecule has 0 radical (unpaired) electrons. The molecule has 0 atom stereocenters. The zero-order valence-corrected chi connectivity index (χ0v) is 18.3. The molecule has 0 amide bonds. The van der Waals surface area contributed by atoms with Crippen LogP contribution in [0, 0.1) is 4.91 Å². The molecule has 0 spiro atoms. The summed E-state index contributed by atoms with van der Waals surface area (Å²) < 4.78 is 83.3. The van der Waals surface area contributed by atoms with Crippen LogP contribution in [0.5, 0.6) is 0 Å². The van der Waals surface area contributed by atoms with E-state index in [9.17, 15) is 31.2 Å². The minimum absolute atomic E-state index is 0.0927. The molecule has 2 rings (SSSR count). The van der Waals surface area contributed by atoms with Crippen LogP contribution in [0.25, 0.3) is 0 Å². The van der Waals surface area contributed by atoms with Crippen molar-refractivity contribution in [2.24, 2.45) is 0 Å². The van der Waals surface area contributed by atoms with Crippen molar-refractivity contribution in [2.45, 2.75) is 83.2 Å². The Labute approximate surface area is 182 Å². The Morgan fingerprint density at radius 1 is 0.938 bits per heavy atom. The van der Waals surface area contributed by atoms with Crippen molar-refractivity contribution < 1.29 is 40.9 Å². The van der Waals surface area contributed by atoms with Crippen molar-refractivity contribution in [3.63, 3.8) is 0 Å². The topological polar surface area (TPSA) is 53.8 Å². The van der Waals surface area contributed by atoms with E-state index in [1.807, 2.05) is 20.8 Å². The van der Waals surface area contributed by atoms with Gasteiger partial charge in [-0.25, -0.2) is 4.84 Å². The van der Waals surface area contributed by atoms with E-state index in [2.05, 4.69) is 5.59 Å². The van der Waals surface area contributed by atoms with Gasteiger partial charge in [0.1, 0.15) is 0 Å². The zero-order valence-electron chi connectivity index (χ0n) is 18.3. The molecule has 1 aromatic rings.